The van der Waals surface area contributed by atoms with E-state index in [4.69, 9.17) is 4.74 Å². The summed E-state index contributed by atoms with van der Waals surface area (Å²) in [5, 5.41) is 3.41. The summed E-state index contributed by atoms with van der Waals surface area (Å²) >= 11 is 3.42. The van der Waals surface area contributed by atoms with Gasteiger partial charge in [-0.15, -0.1) is 0 Å². The number of ether oxygens (including phenoxy) is 1. The van der Waals surface area contributed by atoms with E-state index in [1.165, 1.54) is 18.4 Å². The van der Waals surface area contributed by atoms with Crippen molar-refractivity contribution in [2.45, 2.75) is 25.3 Å². The lowest BCUT2D eigenvalue weighted by atomic mass is 10.0. The number of pyridine rings is 1. The molecule has 18 heavy (non-hydrogen) atoms. The Bertz CT molecular complexity index is 384. The maximum Gasteiger partial charge on any atom is 0.0466 e. The Morgan fingerprint density at radius 3 is 2.61 bits per heavy atom. The highest BCUT2D eigenvalue weighted by molar-refractivity contribution is 9.10. The highest BCUT2D eigenvalue weighted by atomic mass is 79.9. The first-order valence-electron chi connectivity index (χ1n) is 6.43. The standard InChI is InChI=1S/C10H11BrN2.C4H8O/c11-9-5-8(6-12-7-9)10-3-1-2-4-13-10;1-2-4-5-3-1/h1-2,5-7,10,13H,3-4H2;1-4H2. The van der Waals surface area contributed by atoms with Crippen LogP contribution in [0.15, 0.2) is 35.1 Å². The SMILES string of the molecule is Brc1cncc(C2CC=CCN2)c1.C1CCOC1. The fourth-order valence-electron chi connectivity index (χ4n) is 1.99. The maximum absolute atomic E-state index is 4.94. The summed E-state index contributed by atoms with van der Waals surface area (Å²) in [6, 6.07) is 2.54. The molecule has 98 valence electrons. The number of rotatable bonds is 1. The van der Waals surface area contributed by atoms with Gasteiger partial charge in [-0.1, -0.05) is 12.2 Å². The van der Waals surface area contributed by atoms with E-state index in [0.29, 0.717) is 6.04 Å². The van der Waals surface area contributed by atoms with E-state index < -0.39 is 0 Å². The molecule has 3 heterocycles. The molecule has 2 aliphatic heterocycles. The molecule has 1 atom stereocenters. The van der Waals surface area contributed by atoms with Gasteiger partial charge < -0.3 is 10.1 Å². The van der Waals surface area contributed by atoms with Crippen LogP contribution in [-0.2, 0) is 4.74 Å². The third-order valence-corrected chi connectivity index (χ3v) is 3.41. The lowest BCUT2D eigenvalue weighted by molar-refractivity contribution is 0.198. The number of aromatic nitrogens is 1. The molecule has 1 saturated heterocycles. The van der Waals surface area contributed by atoms with Crippen molar-refractivity contribution in [2.24, 2.45) is 0 Å². The van der Waals surface area contributed by atoms with E-state index in [2.05, 4.69) is 44.4 Å². The van der Waals surface area contributed by atoms with Gasteiger partial charge in [-0.25, -0.2) is 0 Å². The van der Waals surface area contributed by atoms with Crippen LogP contribution in [0.5, 0.6) is 0 Å². The van der Waals surface area contributed by atoms with Gasteiger partial charge in [0.1, 0.15) is 0 Å². The highest BCUT2D eigenvalue weighted by Crippen LogP contribution is 2.21. The zero-order valence-electron chi connectivity index (χ0n) is 10.4. The molecule has 0 aromatic carbocycles. The molecule has 4 heteroatoms. The van der Waals surface area contributed by atoms with Crippen LogP contribution in [0.1, 0.15) is 30.9 Å². The minimum absolute atomic E-state index is 0.426. The number of nitrogens with zero attached hydrogens (tertiary/aromatic N) is 1. The summed E-state index contributed by atoms with van der Waals surface area (Å²) < 4.78 is 5.99. The molecule has 0 spiro atoms. The Balaban J connectivity index is 0.000000202. The third kappa shape index (κ3) is 4.52. The molecule has 0 aliphatic carbocycles. The smallest absolute Gasteiger partial charge is 0.0466 e. The zero-order valence-corrected chi connectivity index (χ0v) is 12.0. The van der Waals surface area contributed by atoms with E-state index in [9.17, 15) is 0 Å². The van der Waals surface area contributed by atoms with Gasteiger partial charge in [-0.2, -0.15) is 0 Å². The van der Waals surface area contributed by atoms with E-state index in [0.717, 1.165) is 30.7 Å². The second kappa shape index (κ2) is 7.67. The average Bonchev–Trinajstić information content (AvgIpc) is 2.99. The van der Waals surface area contributed by atoms with Crippen molar-refractivity contribution < 1.29 is 4.74 Å². The van der Waals surface area contributed by atoms with Crippen LogP contribution in [0.3, 0.4) is 0 Å². The topological polar surface area (TPSA) is 34.2 Å². The number of hydrogen-bond acceptors (Lipinski definition) is 3. The second-order valence-corrected chi connectivity index (χ2v) is 5.34. The molecular weight excluding hydrogens is 292 g/mol. The Kier molecular flexibility index (Phi) is 5.84. The lowest BCUT2D eigenvalue weighted by Gasteiger charge is -2.19. The van der Waals surface area contributed by atoms with Crippen molar-refractivity contribution >= 4 is 15.9 Å². The minimum atomic E-state index is 0.426. The molecule has 0 saturated carbocycles. The van der Waals surface area contributed by atoms with Gasteiger partial charge in [0, 0.05) is 42.7 Å². The van der Waals surface area contributed by atoms with Crippen LogP contribution in [0, 0.1) is 0 Å². The molecule has 3 rings (SSSR count). The molecule has 0 amide bonds. The quantitative estimate of drug-likeness (QED) is 0.809. The van der Waals surface area contributed by atoms with Crippen LogP contribution in [0.4, 0.5) is 0 Å². The van der Waals surface area contributed by atoms with Crippen molar-refractivity contribution in [3.8, 4) is 0 Å². The van der Waals surface area contributed by atoms with E-state index in [1.54, 1.807) is 0 Å². The average molecular weight is 311 g/mol. The normalized spacial score (nSPS) is 22.4. The van der Waals surface area contributed by atoms with E-state index in [-0.39, 0.29) is 0 Å². The Labute approximate surface area is 117 Å². The van der Waals surface area contributed by atoms with Crippen molar-refractivity contribution in [3.63, 3.8) is 0 Å². The summed E-state index contributed by atoms with van der Waals surface area (Å²) in [6.07, 6.45) is 11.7. The number of halogens is 1. The van der Waals surface area contributed by atoms with Crippen LogP contribution < -0.4 is 5.32 Å². The monoisotopic (exact) mass is 310 g/mol. The molecule has 2 aliphatic rings. The second-order valence-electron chi connectivity index (χ2n) is 4.42. The highest BCUT2D eigenvalue weighted by Gasteiger charge is 2.11. The lowest BCUT2D eigenvalue weighted by Crippen LogP contribution is -2.23. The summed E-state index contributed by atoms with van der Waals surface area (Å²) in [6.45, 7) is 2.96. The first-order valence-corrected chi connectivity index (χ1v) is 7.22. The van der Waals surface area contributed by atoms with Crippen molar-refractivity contribution in [1.29, 1.82) is 0 Å². The molecule has 1 unspecified atom stereocenters. The minimum Gasteiger partial charge on any atom is -0.381 e. The molecule has 1 aromatic rings. The van der Waals surface area contributed by atoms with Gasteiger partial charge in [0.15, 0.2) is 0 Å². The summed E-state index contributed by atoms with van der Waals surface area (Å²) in [5.41, 5.74) is 1.25. The Morgan fingerprint density at radius 2 is 2.06 bits per heavy atom. The van der Waals surface area contributed by atoms with Gasteiger partial charge in [-0.05, 0) is 46.8 Å². The van der Waals surface area contributed by atoms with Crippen molar-refractivity contribution in [2.75, 3.05) is 19.8 Å². The number of hydrogen-bond donors (Lipinski definition) is 1. The first kappa shape index (κ1) is 13.7. The maximum atomic E-state index is 4.94. The number of nitrogens with one attached hydrogen (secondary N) is 1. The summed E-state index contributed by atoms with van der Waals surface area (Å²) in [5.74, 6) is 0. The van der Waals surface area contributed by atoms with Crippen molar-refractivity contribution in [1.82, 2.24) is 10.3 Å². The van der Waals surface area contributed by atoms with Gasteiger partial charge in [-0.3, -0.25) is 4.98 Å². The first-order chi connectivity index (χ1) is 8.86. The molecule has 1 N–H and O–H groups in total. The van der Waals surface area contributed by atoms with Crippen molar-refractivity contribution in [3.05, 3.63) is 40.6 Å². The summed E-state index contributed by atoms with van der Waals surface area (Å²) in [4.78, 5) is 4.15. The predicted octanol–water partition coefficient (Wildman–Crippen LogP) is 3.23. The Morgan fingerprint density at radius 1 is 1.22 bits per heavy atom. The fraction of sp³-hybridized carbons (Fsp3) is 0.500. The van der Waals surface area contributed by atoms with Crippen LogP contribution in [0.25, 0.3) is 0 Å². The van der Waals surface area contributed by atoms with Gasteiger partial charge in [0.2, 0.25) is 0 Å². The van der Waals surface area contributed by atoms with E-state index in [1.807, 2.05) is 12.4 Å². The Hall–Kier alpha value is -0.710. The van der Waals surface area contributed by atoms with Crippen LogP contribution in [0.2, 0.25) is 0 Å². The zero-order chi connectivity index (χ0) is 12.6. The molecule has 0 bridgehead atoms. The van der Waals surface area contributed by atoms with Gasteiger partial charge in [0.05, 0.1) is 0 Å². The fourth-order valence-corrected chi connectivity index (χ4v) is 2.37. The van der Waals surface area contributed by atoms with Gasteiger partial charge >= 0.3 is 0 Å². The molecule has 1 aromatic heterocycles. The van der Waals surface area contributed by atoms with E-state index >= 15 is 0 Å². The molecule has 0 radical (unpaired) electrons. The van der Waals surface area contributed by atoms with Crippen LogP contribution >= 0.6 is 15.9 Å². The predicted molar refractivity (Wildman–Crippen MR) is 76.5 cm³/mol. The summed E-state index contributed by atoms with van der Waals surface area (Å²) in [7, 11) is 0. The van der Waals surface area contributed by atoms with Gasteiger partial charge in [0.25, 0.3) is 0 Å². The molecule has 1 fully saturated rings. The van der Waals surface area contributed by atoms with Crippen LogP contribution in [-0.4, -0.2) is 24.7 Å². The molecular formula is C14H19BrN2O. The largest absolute Gasteiger partial charge is 0.381 e. The molecule has 3 nitrogen and oxygen atoms in total. The third-order valence-electron chi connectivity index (χ3n) is 2.98.